The van der Waals surface area contributed by atoms with Crippen LogP contribution in [0.3, 0.4) is 0 Å². The molecule has 2 heterocycles. The average molecular weight is 309 g/mol. The summed E-state index contributed by atoms with van der Waals surface area (Å²) in [7, 11) is 0. The Hall–Kier alpha value is -1.03. The van der Waals surface area contributed by atoms with Gasteiger partial charge in [0.1, 0.15) is 6.04 Å². The van der Waals surface area contributed by atoms with Gasteiger partial charge in [-0.15, -0.1) is 0 Å². The van der Waals surface area contributed by atoms with Gasteiger partial charge in [0, 0.05) is 11.0 Å². The van der Waals surface area contributed by atoms with E-state index in [0.29, 0.717) is 0 Å². The monoisotopic (exact) mass is 308 g/mol. The second-order valence-electron chi connectivity index (χ2n) is 5.84. The van der Waals surface area contributed by atoms with Gasteiger partial charge in [-0.25, -0.2) is 0 Å². The van der Waals surface area contributed by atoms with Crippen molar-refractivity contribution in [3.8, 4) is 0 Å². The van der Waals surface area contributed by atoms with Crippen LogP contribution in [0, 0.1) is 5.41 Å². The van der Waals surface area contributed by atoms with Crippen molar-refractivity contribution in [1.82, 2.24) is 0 Å². The second kappa shape index (κ2) is 3.98. The molecule has 0 aromatic heterocycles. The van der Waals surface area contributed by atoms with Crippen LogP contribution in [0.15, 0.2) is 22.7 Å². The lowest BCUT2D eigenvalue weighted by atomic mass is 9.75. The van der Waals surface area contributed by atoms with Crippen molar-refractivity contribution in [2.45, 2.75) is 32.7 Å². The zero-order valence-electron chi connectivity index (χ0n) is 10.7. The van der Waals surface area contributed by atoms with Crippen LogP contribution >= 0.6 is 15.9 Å². The molecule has 1 aromatic rings. The van der Waals surface area contributed by atoms with E-state index >= 15 is 0 Å². The van der Waals surface area contributed by atoms with Gasteiger partial charge in [0.15, 0.2) is 0 Å². The van der Waals surface area contributed by atoms with Crippen molar-refractivity contribution < 1.29 is 4.79 Å². The highest BCUT2D eigenvalue weighted by atomic mass is 79.9. The third-order valence-electron chi connectivity index (χ3n) is 4.05. The summed E-state index contributed by atoms with van der Waals surface area (Å²) < 4.78 is 1.06. The molecule has 0 bridgehead atoms. The highest BCUT2D eigenvalue weighted by molar-refractivity contribution is 9.10. The molecule has 3 rings (SSSR count). The van der Waals surface area contributed by atoms with Crippen molar-refractivity contribution in [2.24, 2.45) is 5.41 Å². The lowest BCUT2D eigenvalue weighted by Gasteiger charge is -2.49. The van der Waals surface area contributed by atoms with Crippen LogP contribution in [0.2, 0.25) is 0 Å². The smallest absolute Gasteiger partial charge is 0.247 e. The van der Waals surface area contributed by atoms with Gasteiger partial charge in [-0.1, -0.05) is 29.8 Å². The fourth-order valence-electron chi connectivity index (χ4n) is 3.20. The summed E-state index contributed by atoms with van der Waals surface area (Å²) in [6, 6.07) is 5.99. The number of amides is 1. The van der Waals surface area contributed by atoms with E-state index in [1.54, 1.807) is 0 Å². The standard InChI is InChI=1S/C14H17BrN2O/c1-14(2)6-3-7-17-11-8-9(15)4-5-10(11)16-13(18)12(14)17/h4-5,8,12H,3,6-7H2,1-2H3,(H,16,18). The molecule has 18 heavy (non-hydrogen) atoms. The summed E-state index contributed by atoms with van der Waals surface area (Å²) in [6.45, 7) is 5.34. The molecule has 0 aliphatic carbocycles. The van der Waals surface area contributed by atoms with Gasteiger partial charge < -0.3 is 10.2 Å². The molecule has 1 saturated heterocycles. The van der Waals surface area contributed by atoms with Gasteiger partial charge in [-0.3, -0.25) is 4.79 Å². The van der Waals surface area contributed by atoms with E-state index in [-0.39, 0.29) is 17.4 Å². The van der Waals surface area contributed by atoms with Crippen LogP contribution in [0.5, 0.6) is 0 Å². The number of nitrogens with one attached hydrogen (secondary N) is 1. The third-order valence-corrected chi connectivity index (χ3v) is 4.54. The molecule has 2 aliphatic heterocycles. The maximum Gasteiger partial charge on any atom is 0.247 e. The molecular formula is C14H17BrN2O. The number of carbonyl (C=O) groups excluding carboxylic acids is 1. The van der Waals surface area contributed by atoms with Gasteiger partial charge in [0.25, 0.3) is 0 Å². The van der Waals surface area contributed by atoms with Crippen molar-refractivity contribution in [3.63, 3.8) is 0 Å². The van der Waals surface area contributed by atoms with Gasteiger partial charge in [0.2, 0.25) is 5.91 Å². The van der Waals surface area contributed by atoms with Gasteiger partial charge >= 0.3 is 0 Å². The van der Waals surface area contributed by atoms with Crippen LogP contribution in [-0.2, 0) is 4.79 Å². The van der Waals surface area contributed by atoms with Crippen LogP contribution in [0.4, 0.5) is 11.4 Å². The Morgan fingerprint density at radius 3 is 3.00 bits per heavy atom. The zero-order chi connectivity index (χ0) is 12.9. The number of halogens is 1. The molecular weight excluding hydrogens is 292 g/mol. The maximum atomic E-state index is 12.3. The van der Waals surface area contributed by atoms with Gasteiger partial charge in [-0.05, 0) is 36.5 Å². The number of hydrogen-bond donors (Lipinski definition) is 1. The van der Waals surface area contributed by atoms with Crippen molar-refractivity contribution in [1.29, 1.82) is 0 Å². The number of benzene rings is 1. The quantitative estimate of drug-likeness (QED) is 0.796. The Balaban J connectivity index is 2.11. The van der Waals surface area contributed by atoms with Crippen LogP contribution in [-0.4, -0.2) is 18.5 Å². The van der Waals surface area contributed by atoms with Crippen LogP contribution < -0.4 is 10.2 Å². The summed E-state index contributed by atoms with van der Waals surface area (Å²) in [5.74, 6) is 0.134. The normalized spacial score (nSPS) is 25.2. The number of anilines is 2. The van der Waals surface area contributed by atoms with E-state index in [0.717, 1.165) is 35.2 Å². The molecule has 1 amide bonds. The predicted molar refractivity (Wildman–Crippen MR) is 76.9 cm³/mol. The Bertz CT molecular complexity index is 513. The molecule has 0 saturated carbocycles. The largest absolute Gasteiger partial charge is 0.357 e. The Kier molecular flexibility index (Phi) is 2.66. The predicted octanol–water partition coefficient (Wildman–Crippen LogP) is 3.40. The topological polar surface area (TPSA) is 32.3 Å². The first-order valence-electron chi connectivity index (χ1n) is 6.36. The Labute approximate surface area is 116 Å². The first-order valence-corrected chi connectivity index (χ1v) is 7.15. The minimum Gasteiger partial charge on any atom is -0.357 e. The molecule has 1 fully saturated rings. The number of rotatable bonds is 0. The molecule has 0 spiro atoms. The van der Waals surface area contributed by atoms with Gasteiger partial charge in [-0.2, -0.15) is 0 Å². The average Bonchev–Trinajstić information content (AvgIpc) is 2.29. The highest BCUT2D eigenvalue weighted by Crippen LogP contribution is 2.44. The van der Waals surface area contributed by atoms with E-state index in [1.807, 2.05) is 12.1 Å². The van der Waals surface area contributed by atoms with E-state index in [4.69, 9.17) is 0 Å². The van der Waals surface area contributed by atoms with Crippen LogP contribution in [0.1, 0.15) is 26.7 Å². The molecule has 1 aromatic carbocycles. The van der Waals surface area contributed by atoms with Crippen LogP contribution in [0.25, 0.3) is 0 Å². The summed E-state index contributed by atoms with van der Waals surface area (Å²) >= 11 is 3.51. The molecule has 2 aliphatic rings. The minimum absolute atomic E-state index is 0.0301. The highest BCUT2D eigenvalue weighted by Gasteiger charge is 2.45. The molecule has 96 valence electrons. The summed E-state index contributed by atoms with van der Waals surface area (Å²) in [4.78, 5) is 14.6. The number of piperidine rings is 1. The Morgan fingerprint density at radius 1 is 1.44 bits per heavy atom. The number of fused-ring (bicyclic) bond motifs is 3. The lowest BCUT2D eigenvalue weighted by molar-refractivity contribution is -0.120. The summed E-state index contributed by atoms with van der Waals surface area (Å²) in [5.41, 5.74) is 2.10. The number of nitrogens with zero attached hydrogens (tertiary/aromatic N) is 1. The number of carbonyl (C=O) groups is 1. The Morgan fingerprint density at radius 2 is 2.22 bits per heavy atom. The molecule has 1 N–H and O–H groups in total. The minimum atomic E-state index is -0.0481. The first kappa shape index (κ1) is 12.0. The van der Waals surface area contributed by atoms with E-state index in [1.165, 1.54) is 0 Å². The van der Waals surface area contributed by atoms with E-state index in [2.05, 4.69) is 46.1 Å². The van der Waals surface area contributed by atoms with Crippen molar-refractivity contribution >= 4 is 33.2 Å². The van der Waals surface area contributed by atoms with Crippen molar-refractivity contribution in [3.05, 3.63) is 22.7 Å². The molecule has 1 unspecified atom stereocenters. The fourth-order valence-corrected chi connectivity index (χ4v) is 3.55. The lowest BCUT2D eigenvalue weighted by Crippen LogP contribution is -2.58. The zero-order valence-corrected chi connectivity index (χ0v) is 12.3. The first-order chi connectivity index (χ1) is 8.49. The number of hydrogen-bond acceptors (Lipinski definition) is 2. The summed E-state index contributed by atoms with van der Waals surface area (Å²) in [5, 5.41) is 3.04. The molecule has 1 atom stereocenters. The maximum absolute atomic E-state index is 12.3. The summed E-state index contributed by atoms with van der Waals surface area (Å²) in [6.07, 6.45) is 2.24. The van der Waals surface area contributed by atoms with E-state index < -0.39 is 0 Å². The molecule has 0 radical (unpaired) electrons. The fraction of sp³-hybridized carbons (Fsp3) is 0.500. The SMILES string of the molecule is CC1(C)CCCN2c3cc(Br)ccc3NC(=O)C21. The van der Waals surface area contributed by atoms with E-state index in [9.17, 15) is 4.79 Å². The molecule has 4 heteroatoms. The van der Waals surface area contributed by atoms with Gasteiger partial charge in [0.05, 0.1) is 11.4 Å². The third kappa shape index (κ3) is 1.74. The second-order valence-corrected chi connectivity index (χ2v) is 6.75. The molecule has 3 nitrogen and oxygen atoms in total. The van der Waals surface area contributed by atoms with Crippen molar-refractivity contribution in [2.75, 3.05) is 16.8 Å².